The zero-order chi connectivity index (χ0) is 14.8. The van der Waals surface area contributed by atoms with E-state index in [2.05, 4.69) is 20.2 Å². The molecule has 0 saturated carbocycles. The van der Waals surface area contributed by atoms with Crippen molar-refractivity contribution in [1.29, 1.82) is 0 Å². The van der Waals surface area contributed by atoms with Gasteiger partial charge in [-0.2, -0.15) is 5.10 Å². The molecule has 1 aliphatic heterocycles. The van der Waals surface area contributed by atoms with Gasteiger partial charge in [-0.05, 0) is 6.07 Å². The van der Waals surface area contributed by atoms with Gasteiger partial charge in [0.05, 0.1) is 18.2 Å². The third-order valence-corrected chi connectivity index (χ3v) is 3.62. The van der Waals surface area contributed by atoms with Gasteiger partial charge in [0.25, 0.3) is 5.91 Å². The minimum absolute atomic E-state index is 0.0959. The van der Waals surface area contributed by atoms with Crippen LogP contribution in [0.15, 0.2) is 12.3 Å². The molecule has 2 aromatic heterocycles. The number of hydrogen-bond donors (Lipinski definition) is 2. The van der Waals surface area contributed by atoms with Crippen LogP contribution in [-0.2, 0) is 11.2 Å². The third-order valence-electron chi connectivity index (χ3n) is 3.40. The second kappa shape index (κ2) is 5.87. The van der Waals surface area contributed by atoms with E-state index in [1.807, 2.05) is 6.92 Å². The predicted molar refractivity (Wildman–Crippen MR) is 76.2 cm³/mol. The van der Waals surface area contributed by atoms with E-state index in [1.54, 1.807) is 17.2 Å². The van der Waals surface area contributed by atoms with Crippen LogP contribution in [0.3, 0.4) is 0 Å². The molecule has 0 aliphatic carbocycles. The molecule has 3 rings (SSSR count). The smallest absolute Gasteiger partial charge is 0.270 e. The van der Waals surface area contributed by atoms with Gasteiger partial charge in [0.15, 0.2) is 5.82 Å². The molecule has 1 saturated heterocycles. The highest BCUT2D eigenvalue weighted by Crippen LogP contribution is 2.21. The zero-order valence-electron chi connectivity index (χ0n) is 11.6. The number of aryl methyl sites for hydroxylation is 1. The maximum absolute atomic E-state index is 12.4. The number of amides is 1. The lowest BCUT2D eigenvalue weighted by molar-refractivity contribution is -0.0268. The molecule has 1 atom stereocenters. The van der Waals surface area contributed by atoms with E-state index in [0.29, 0.717) is 36.2 Å². The molecule has 8 heteroatoms. The Morgan fingerprint density at radius 2 is 2.48 bits per heavy atom. The van der Waals surface area contributed by atoms with E-state index in [-0.39, 0.29) is 12.0 Å². The number of hydrogen-bond acceptors (Lipinski definition) is 4. The Morgan fingerprint density at radius 3 is 3.14 bits per heavy atom. The van der Waals surface area contributed by atoms with Gasteiger partial charge in [0, 0.05) is 19.2 Å². The van der Waals surface area contributed by atoms with Crippen LogP contribution in [0.2, 0.25) is 5.02 Å². The van der Waals surface area contributed by atoms with E-state index in [1.165, 1.54) is 0 Å². The van der Waals surface area contributed by atoms with Crippen molar-refractivity contribution in [2.24, 2.45) is 0 Å². The number of halogens is 1. The first kappa shape index (κ1) is 14.1. The van der Waals surface area contributed by atoms with Gasteiger partial charge in [-0.25, -0.2) is 4.98 Å². The second-order valence-electron chi connectivity index (χ2n) is 4.84. The van der Waals surface area contributed by atoms with Crippen molar-refractivity contribution in [3.8, 4) is 0 Å². The van der Waals surface area contributed by atoms with Crippen LogP contribution in [0.5, 0.6) is 0 Å². The lowest BCUT2D eigenvalue weighted by atomic mass is 10.2. The highest BCUT2D eigenvalue weighted by Gasteiger charge is 2.29. The van der Waals surface area contributed by atoms with Gasteiger partial charge in [-0.15, -0.1) is 0 Å². The Balaban J connectivity index is 1.72. The predicted octanol–water partition coefficient (Wildman–Crippen LogP) is 1.56. The number of nitrogens with zero attached hydrogens (tertiary/aromatic N) is 3. The average Bonchev–Trinajstić information content (AvgIpc) is 3.15. The summed E-state index contributed by atoms with van der Waals surface area (Å²) in [7, 11) is 0. The Kier molecular flexibility index (Phi) is 3.94. The summed E-state index contributed by atoms with van der Waals surface area (Å²) in [6.07, 6.45) is 2.07. The first-order valence-corrected chi connectivity index (χ1v) is 7.21. The highest BCUT2D eigenvalue weighted by atomic mass is 35.5. The van der Waals surface area contributed by atoms with E-state index >= 15 is 0 Å². The largest absolute Gasteiger partial charge is 0.366 e. The van der Waals surface area contributed by atoms with Crippen molar-refractivity contribution in [2.45, 2.75) is 19.4 Å². The van der Waals surface area contributed by atoms with Gasteiger partial charge < -0.3 is 14.6 Å². The topological polar surface area (TPSA) is 86.9 Å². The van der Waals surface area contributed by atoms with Gasteiger partial charge in [-0.1, -0.05) is 18.5 Å². The van der Waals surface area contributed by atoms with Crippen LogP contribution < -0.4 is 0 Å². The molecule has 1 amide bonds. The SMILES string of the molecule is CCc1nc(C2CN(C(=O)c3cc(Cl)c[nH]3)CCO2)n[nH]1. The van der Waals surface area contributed by atoms with Crippen molar-refractivity contribution < 1.29 is 9.53 Å². The van der Waals surface area contributed by atoms with Crippen molar-refractivity contribution >= 4 is 17.5 Å². The van der Waals surface area contributed by atoms with Gasteiger partial charge in [-0.3, -0.25) is 9.89 Å². The molecule has 7 nitrogen and oxygen atoms in total. The fourth-order valence-electron chi connectivity index (χ4n) is 2.26. The Bertz CT molecular complexity index is 638. The van der Waals surface area contributed by atoms with Crippen LogP contribution in [0.4, 0.5) is 0 Å². The van der Waals surface area contributed by atoms with Crippen molar-refractivity contribution in [3.05, 3.63) is 34.6 Å². The number of H-pyrrole nitrogens is 2. The maximum atomic E-state index is 12.4. The second-order valence-corrected chi connectivity index (χ2v) is 5.27. The van der Waals surface area contributed by atoms with Gasteiger partial charge >= 0.3 is 0 Å². The summed E-state index contributed by atoms with van der Waals surface area (Å²) in [6.45, 7) is 3.42. The molecule has 0 spiro atoms. The van der Waals surface area contributed by atoms with Gasteiger partial charge in [0.2, 0.25) is 0 Å². The fraction of sp³-hybridized carbons (Fsp3) is 0.462. The number of nitrogens with one attached hydrogen (secondary N) is 2. The molecule has 1 fully saturated rings. The molecule has 2 N–H and O–H groups in total. The summed E-state index contributed by atoms with van der Waals surface area (Å²) < 4.78 is 5.67. The minimum atomic E-state index is -0.301. The first-order valence-electron chi connectivity index (χ1n) is 6.83. The monoisotopic (exact) mass is 309 g/mol. The Hall–Kier alpha value is -1.86. The summed E-state index contributed by atoms with van der Waals surface area (Å²) in [4.78, 5) is 21.3. The van der Waals surface area contributed by atoms with E-state index in [4.69, 9.17) is 16.3 Å². The van der Waals surface area contributed by atoms with Gasteiger partial charge in [0.1, 0.15) is 17.6 Å². The molecule has 0 bridgehead atoms. The molecular formula is C13H16ClN5O2. The molecule has 1 aliphatic rings. The maximum Gasteiger partial charge on any atom is 0.270 e. The molecule has 21 heavy (non-hydrogen) atoms. The number of morpholine rings is 1. The lowest BCUT2D eigenvalue weighted by Crippen LogP contribution is -2.42. The van der Waals surface area contributed by atoms with Crippen LogP contribution in [0.25, 0.3) is 0 Å². The van der Waals surface area contributed by atoms with Crippen LogP contribution >= 0.6 is 11.6 Å². The summed E-state index contributed by atoms with van der Waals surface area (Å²) in [5.41, 5.74) is 0.477. The van der Waals surface area contributed by atoms with E-state index in [9.17, 15) is 4.79 Å². The van der Waals surface area contributed by atoms with Crippen LogP contribution in [0.1, 0.15) is 35.2 Å². The highest BCUT2D eigenvalue weighted by molar-refractivity contribution is 6.30. The lowest BCUT2D eigenvalue weighted by Gasteiger charge is -2.31. The number of aromatic amines is 2. The molecule has 0 radical (unpaired) electrons. The number of rotatable bonds is 3. The Morgan fingerprint density at radius 1 is 1.62 bits per heavy atom. The molecule has 3 heterocycles. The molecular weight excluding hydrogens is 294 g/mol. The van der Waals surface area contributed by atoms with Crippen LogP contribution in [0, 0.1) is 0 Å². The van der Waals surface area contributed by atoms with E-state index in [0.717, 1.165) is 12.2 Å². The normalized spacial score (nSPS) is 19.0. The minimum Gasteiger partial charge on any atom is -0.366 e. The number of aromatic nitrogens is 4. The Labute approximate surface area is 126 Å². The van der Waals surface area contributed by atoms with Crippen LogP contribution in [-0.4, -0.2) is 50.7 Å². The van der Waals surface area contributed by atoms with Crippen molar-refractivity contribution in [1.82, 2.24) is 25.1 Å². The molecule has 1 unspecified atom stereocenters. The number of ether oxygens (including phenoxy) is 1. The number of carbonyl (C=O) groups is 1. The van der Waals surface area contributed by atoms with E-state index < -0.39 is 0 Å². The average molecular weight is 310 g/mol. The van der Waals surface area contributed by atoms with Crippen molar-refractivity contribution in [2.75, 3.05) is 19.7 Å². The summed E-state index contributed by atoms with van der Waals surface area (Å²) in [5, 5.41) is 7.54. The summed E-state index contributed by atoms with van der Waals surface area (Å²) in [6, 6.07) is 1.62. The summed E-state index contributed by atoms with van der Waals surface area (Å²) in [5.74, 6) is 1.31. The first-order chi connectivity index (χ1) is 10.2. The fourth-order valence-corrected chi connectivity index (χ4v) is 2.43. The quantitative estimate of drug-likeness (QED) is 0.901. The molecule has 2 aromatic rings. The molecule has 0 aromatic carbocycles. The number of carbonyl (C=O) groups excluding carboxylic acids is 1. The zero-order valence-corrected chi connectivity index (χ0v) is 12.4. The third kappa shape index (κ3) is 2.93. The standard InChI is InChI=1S/C13H16ClN5O2/c1-2-11-16-12(18-17-11)10-7-19(3-4-21-10)13(20)9-5-8(14)6-15-9/h5-6,10,15H,2-4,7H2,1H3,(H,16,17,18). The molecule has 112 valence electrons. The van der Waals surface area contributed by atoms with Crippen molar-refractivity contribution in [3.63, 3.8) is 0 Å². The summed E-state index contributed by atoms with van der Waals surface area (Å²) >= 11 is 5.84.